The van der Waals surface area contributed by atoms with E-state index in [2.05, 4.69) is 4.90 Å². The average molecular weight is 439 g/mol. The molecule has 160 valence electrons. The highest BCUT2D eigenvalue weighted by Crippen LogP contribution is 2.43. The van der Waals surface area contributed by atoms with E-state index in [4.69, 9.17) is 11.6 Å². The second kappa shape index (κ2) is 8.20. The molecular formula is C22H31ClN2O3S. The van der Waals surface area contributed by atoms with Crippen molar-refractivity contribution in [3.8, 4) is 0 Å². The molecule has 0 unspecified atom stereocenters. The van der Waals surface area contributed by atoms with Gasteiger partial charge in [-0.05, 0) is 56.7 Å². The summed E-state index contributed by atoms with van der Waals surface area (Å²) in [4.78, 5) is 15.9. The summed E-state index contributed by atoms with van der Waals surface area (Å²) >= 11 is 6.18. The van der Waals surface area contributed by atoms with Gasteiger partial charge in [-0.1, -0.05) is 43.4 Å². The maximum Gasteiger partial charge on any atom is 0.243 e. The van der Waals surface area contributed by atoms with Crippen molar-refractivity contribution in [2.45, 2.75) is 75.6 Å². The molecule has 0 N–H and O–H groups in total. The van der Waals surface area contributed by atoms with Crippen LogP contribution in [0.15, 0.2) is 23.1 Å². The average Bonchev–Trinajstić information content (AvgIpc) is 2.89. The van der Waals surface area contributed by atoms with Gasteiger partial charge in [0.1, 0.15) is 0 Å². The van der Waals surface area contributed by atoms with E-state index in [1.54, 1.807) is 25.1 Å². The first-order valence-electron chi connectivity index (χ1n) is 10.9. The van der Waals surface area contributed by atoms with E-state index in [0.29, 0.717) is 29.7 Å². The minimum atomic E-state index is -3.67. The molecule has 1 aromatic rings. The van der Waals surface area contributed by atoms with Gasteiger partial charge in [0.25, 0.3) is 0 Å². The highest BCUT2D eigenvalue weighted by Gasteiger charge is 2.52. The summed E-state index contributed by atoms with van der Waals surface area (Å²) in [7, 11) is -3.67. The van der Waals surface area contributed by atoms with Crippen LogP contribution in [0, 0.1) is 12.3 Å². The van der Waals surface area contributed by atoms with E-state index < -0.39 is 15.4 Å². The van der Waals surface area contributed by atoms with Crippen LogP contribution >= 0.6 is 11.6 Å². The van der Waals surface area contributed by atoms with Crippen molar-refractivity contribution in [3.63, 3.8) is 0 Å². The molecule has 7 heteroatoms. The van der Waals surface area contributed by atoms with Gasteiger partial charge in [0.2, 0.25) is 15.9 Å². The van der Waals surface area contributed by atoms with Crippen molar-refractivity contribution in [2.24, 2.45) is 5.41 Å². The third-order valence-corrected chi connectivity index (χ3v) is 9.59. The molecule has 3 aliphatic rings. The number of amides is 1. The van der Waals surface area contributed by atoms with E-state index in [9.17, 15) is 13.2 Å². The van der Waals surface area contributed by atoms with Crippen LogP contribution in [0.5, 0.6) is 0 Å². The lowest BCUT2D eigenvalue weighted by molar-refractivity contribution is -0.139. The summed E-state index contributed by atoms with van der Waals surface area (Å²) in [5.74, 6) is 0.187. The van der Waals surface area contributed by atoms with Crippen molar-refractivity contribution in [3.05, 3.63) is 28.8 Å². The normalized spacial score (nSPS) is 27.5. The summed E-state index contributed by atoms with van der Waals surface area (Å²) in [5.41, 5.74) is 0.0241. The number of hydrogen-bond donors (Lipinski definition) is 0. The molecule has 2 saturated heterocycles. The predicted octanol–water partition coefficient (Wildman–Crippen LogP) is 4.37. The molecule has 1 atom stereocenters. The Kier molecular flexibility index (Phi) is 5.97. The minimum absolute atomic E-state index is 0.187. The first-order valence-corrected chi connectivity index (χ1v) is 12.7. The molecular weight excluding hydrogens is 408 g/mol. The number of piperidine rings is 1. The van der Waals surface area contributed by atoms with Crippen molar-refractivity contribution < 1.29 is 13.2 Å². The Bertz CT molecular complexity index is 880. The summed E-state index contributed by atoms with van der Waals surface area (Å²) in [6, 6.07) is 5.34. The van der Waals surface area contributed by atoms with Crippen LogP contribution in [0.3, 0.4) is 0 Å². The van der Waals surface area contributed by atoms with Crippen LogP contribution < -0.4 is 0 Å². The zero-order chi connectivity index (χ0) is 20.6. The number of carbonyl (C=O) groups is 1. The fourth-order valence-corrected chi connectivity index (χ4v) is 7.49. The van der Waals surface area contributed by atoms with E-state index in [1.165, 1.54) is 30.0 Å². The fraction of sp³-hybridized carbons (Fsp3) is 0.682. The molecule has 29 heavy (non-hydrogen) atoms. The molecule has 0 radical (unpaired) electrons. The van der Waals surface area contributed by atoms with Crippen LogP contribution in [0.1, 0.15) is 63.4 Å². The lowest BCUT2D eigenvalue weighted by atomic mass is 9.79. The van der Waals surface area contributed by atoms with E-state index in [-0.39, 0.29) is 10.8 Å². The topological polar surface area (TPSA) is 57.7 Å². The predicted molar refractivity (Wildman–Crippen MR) is 114 cm³/mol. The lowest BCUT2D eigenvalue weighted by Crippen LogP contribution is -2.51. The largest absolute Gasteiger partial charge is 0.339 e. The van der Waals surface area contributed by atoms with Crippen LogP contribution in [0.2, 0.25) is 5.02 Å². The van der Waals surface area contributed by atoms with Gasteiger partial charge in [0, 0.05) is 30.7 Å². The number of nitrogens with zero attached hydrogens (tertiary/aromatic N) is 2. The SMILES string of the molecule is Cc1c(Cl)cccc1S(=O)(=O)N1CCC[C@]2(CCN(C3CCCCCC3)C2=O)C1. The smallest absolute Gasteiger partial charge is 0.243 e. The molecule has 1 amide bonds. The first kappa shape index (κ1) is 21.1. The molecule has 0 bridgehead atoms. The van der Waals surface area contributed by atoms with Gasteiger partial charge in [-0.15, -0.1) is 0 Å². The summed E-state index contributed by atoms with van der Waals surface area (Å²) in [6.07, 6.45) is 9.36. The van der Waals surface area contributed by atoms with E-state index >= 15 is 0 Å². The molecule has 1 aliphatic carbocycles. The summed E-state index contributed by atoms with van der Waals surface area (Å²) < 4.78 is 28.3. The zero-order valence-corrected chi connectivity index (χ0v) is 18.8. The van der Waals surface area contributed by atoms with Crippen LogP contribution in [0.25, 0.3) is 0 Å². The van der Waals surface area contributed by atoms with Crippen molar-refractivity contribution in [1.29, 1.82) is 0 Å². The van der Waals surface area contributed by atoms with Crippen molar-refractivity contribution in [1.82, 2.24) is 9.21 Å². The number of halogens is 1. The maximum atomic E-state index is 13.5. The number of rotatable bonds is 3. The van der Waals surface area contributed by atoms with Gasteiger partial charge < -0.3 is 4.90 Å². The monoisotopic (exact) mass is 438 g/mol. The Morgan fingerprint density at radius 1 is 1.03 bits per heavy atom. The van der Waals surface area contributed by atoms with Crippen LogP contribution in [0.4, 0.5) is 0 Å². The fourth-order valence-electron chi connectivity index (χ4n) is 5.44. The zero-order valence-electron chi connectivity index (χ0n) is 17.2. The van der Waals surface area contributed by atoms with Gasteiger partial charge >= 0.3 is 0 Å². The maximum absolute atomic E-state index is 13.5. The Hall–Kier alpha value is -1.11. The molecule has 2 aliphatic heterocycles. The van der Waals surface area contributed by atoms with Gasteiger partial charge in [-0.2, -0.15) is 4.31 Å². The molecule has 4 rings (SSSR count). The molecule has 2 heterocycles. The third-order valence-electron chi connectivity index (χ3n) is 7.19. The van der Waals surface area contributed by atoms with Crippen LogP contribution in [-0.4, -0.2) is 49.2 Å². The molecule has 0 aromatic heterocycles. The Labute approximate surface area is 179 Å². The number of likely N-dealkylation sites (tertiary alicyclic amines) is 1. The first-order chi connectivity index (χ1) is 13.8. The molecule has 1 spiro atoms. The molecule has 1 saturated carbocycles. The third kappa shape index (κ3) is 3.84. The summed E-state index contributed by atoms with van der Waals surface area (Å²) in [6.45, 7) is 3.27. The molecule has 5 nitrogen and oxygen atoms in total. The highest BCUT2D eigenvalue weighted by molar-refractivity contribution is 7.89. The Morgan fingerprint density at radius 2 is 1.76 bits per heavy atom. The lowest BCUT2D eigenvalue weighted by Gasteiger charge is -2.39. The second-order valence-electron chi connectivity index (χ2n) is 8.98. The van der Waals surface area contributed by atoms with Gasteiger partial charge in [-0.25, -0.2) is 8.42 Å². The second-order valence-corrected chi connectivity index (χ2v) is 11.3. The van der Waals surface area contributed by atoms with Crippen molar-refractivity contribution in [2.75, 3.05) is 19.6 Å². The van der Waals surface area contributed by atoms with Gasteiger partial charge in [0.15, 0.2) is 0 Å². The highest BCUT2D eigenvalue weighted by atomic mass is 35.5. The molecule has 1 aromatic carbocycles. The quantitative estimate of drug-likeness (QED) is 0.658. The van der Waals surface area contributed by atoms with Gasteiger partial charge in [-0.3, -0.25) is 4.79 Å². The minimum Gasteiger partial charge on any atom is -0.339 e. The standard InChI is InChI=1S/C22H31ClN2O3S/c1-17-19(23)10-6-11-20(17)29(27,28)24-14-7-12-22(16-24)13-15-25(21(22)26)18-8-4-2-3-5-9-18/h6,10-11,18H,2-5,7-9,12-16H2,1H3/t22-/m0/s1. The number of benzene rings is 1. The van der Waals surface area contributed by atoms with Crippen LogP contribution in [-0.2, 0) is 14.8 Å². The Balaban J connectivity index is 1.56. The van der Waals surface area contributed by atoms with Gasteiger partial charge in [0.05, 0.1) is 10.3 Å². The van der Waals surface area contributed by atoms with E-state index in [0.717, 1.165) is 38.6 Å². The van der Waals surface area contributed by atoms with Crippen molar-refractivity contribution >= 4 is 27.5 Å². The van der Waals surface area contributed by atoms with E-state index in [1.807, 2.05) is 0 Å². The number of sulfonamides is 1. The number of hydrogen-bond acceptors (Lipinski definition) is 3. The summed E-state index contributed by atoms with van der Waals surface area (Å²) in [5, 5.41) is 0.453. The Morgan fingerprint density at radius 3 is 2.48 bits per heavy atom. The molecule has 3 fully saturated rings. The number of carbonyl (C=O) groups excluding carboxylic acids is 1.